The summed E-state index contributed by atoms with van der Waals surface area (Å²) in [7, 11) is 0. The molecule has 2 heteroatoms. The Kier molecular flexibility index (Phi) is 3.68. The van der Waals surface area contributed by atoms with Crippen LogP contribution in [0.15, 0.2) is 0 Å². The third kappa shape index (κ3) is 2.21. The highest BCUT2D eigenvalue weighted by Gasteiger charge is 2.40. The van der Waals surface area contributed by atoms with Crippen molar-refractivity contribution >= 4 is 0 Å². The third-order valence-electron chi connectivity index (χ3n) is 4.55. The minimum Gasteiger partial charge on any atom is -0.313 e. The Labute approximate surface area is 93.6 Å². The average molecular weight is 211 g/mol. The molecule has 88 valence electrons. The van der Waals surface area contributed by atoms with Crippen LogP contribution >= 0.6 is 0 Å². The molecule has 1 aliphatic carbocycles. The number of piperidine rings is 1. The second kappa shape index (κ2) is 4.84. The van der Waals surface area contributed by atoms with E-state index in [1.807, 2.05) is 0 Å². The van der Waals surface area contributed by atoms with Crippen molar-refractivity contribution < 1.29 is 5.21 Å². The fourth-order valence-corrected chi connectivity index (χ4v) is 3.66. The summed E-state index contributed by atoms with van der Waals surface area (Å²) >= 11 is 0. The molecule has 15 heavy (non-hydrogen) atoms. The van der Waals surface area contributed by atoms with Crippen LogP contribution in [0.2, 0.25) is 0 Å². The highest BCUT2D eigenvalue weighted by atomic mass is 16.5. The maximum absolute atomic E-state index is 10.2. The Morgan fingerprint density at radius 2 is 2.00 bits per heavy atom. The summed E-state index contributed by atoms with van der Waals surface area (Å²) in [6, 6.07) is 0.917. The summed E-state index contributed by atoms with van der Waals surface area (Å²) in [6.07, 6.45) is 8.78. The Bertz CT molecular complexity index is 207. The van der Waals surface area contributed by atoms with E-state index in [0.29, 0.717) is 12.1 Å². The molecule has 0 aromatic heterocycles. The van der Waals surface area contributed by atoms with Gasteiger partial charge in [-0.05, 0) is 37.5 Å². The second-order valence-corrected chi connectivity index (χ2v) is 5.54. The van der Waals surface area contributed by atoms with E-state index in [2.05, 4.69) is 13.8 Å². The van der Waals surface area contributed by atoms with Crippen LogP contribution in [-0.4, -0.2) is 22.4 Å². The van der Waals surface area contributed by atoms with E-state index in [9.17, 15) is 5.21 Å². The highest BCUT2D eigenvalue weighted by Crippen LogP contribution is 2.40. The van der Waals surface area contributed by atoms with Gasteiger partial charge >= 0.3 is 0 Å². The SMILES string of the molecule is CCC[C@@H]1CC[C@H]2[C@H](C)CCC[C@H]2N1O. The molecule has 0 bridgehead atoms. The smallest absolute Gasteiger partial charge is 0.0384 e. The van der Waals surface area contributed by atoms with Crippen molar-refractivity contribution in [3.05, 3.63) is 0 Å². The monoisotopic (exact) mass is 211 g/mol. The molecule has 1 saturated heterocycles. The summed E-state index contributed by atoms with van der Waals surface area (Å²) < 4.78 is 0. The summed E-state index contributed by atoms with van der Waals surface area (Å²) in [4.78, 5) is 0. The topological polar surface area (TPSA) is 23.5 Å². The van der Waals surface area contributed by atoms with Gasteiger partial charge in [-0.3, -0.25) is 0 Å². The van der Waals surface area contributed by atoms with Crippen molar-refractivity contribution in [2.24, 2.45) is 11.8 Å². The molecule has 2 nitrogen and oxygen atoms in total. The number of hydrogen-bond donors (Lipinski definition) is 1. The number of nitrogens with zero attached hydrogens (tertiary/aromatic N) is 1. The van der Waals surface area contributed by atoms with Gasteiger partial charge in [0, 0.05) is 12.1 Å². The fourth-order valence-electron chi connectivity index (χ4n) is 3.66. The van der Waals surface area contributed by atoms with Gasteiger partial charge in [-0.25, -0.2) is 0 Å². The van der Waals surface area contributed by atoms with Crippen molar-refractivity contribution in [3.63, 3.8) is 0 Å². The largest absolute Gasteiger partial charge is 0.313 e. The summed E-state index contributed by atoms with van der Waals surface area (Å²) in [5.41, 5.74) is 0. The highest BCUT2D eigenvalue weighted by molar-refractivity contribution is 4.90. The van der Waals surface area contributed by atoms with E-state index in [0.717, 1.165) is 18.3 Å². The number of rotatable bonds is 2. The van der Waals surface area contributed by atoms with Gasteiger partial charge in [-0.1, -0.05) is 33.1 Å². The molecular formula is C13H25NO. The molecule has 0 aromatic carbocycles. The molecule has 0 aromatic rings. The maximum atomic E-state index is 10.2. The van der Waals surface area contributed by atoms with Gasteiger partial charge in [-0.2, -0.15) is 5.06 Å². The zero-order valence-corrected chi connectivity index (χ0v) is 10.2. The lowest BCUT2D eigenvalue weighted by molar-refractivity contribution is -0.207. The Balaban J connectivity index is 2.01. The van der Waals surface area contributed by atoms with Crippen molar-refractivity contribution in [2.75, 3.05) is 0 Å². The van der Waals surface area contributed by atoms with Crippen LogP contribution in [0.4, 0.5) is 0 Å². The molecule has 1 aliphatic heterocycles. The zero-order valence-electron chi connectivity index (χ0n) is 10.2. The first kappa shape index (κ1) is 11.4. The van der Waals surface area contributed by atoms with E-state index in [1.165, 1.54) is 38.5 Å². The summed E-state index contributed by atoms with van der Waals surface area (Å²) in [6.45, 7) is 4.58. The minimum atomic E-state index is 0.446. The third-order valence-corrected chi connectivity index (χ3v) is 4.55. The standard InChI is InChI=1S/C13H25NO/c1-3-5-11-8-9-12-10(2)6-4-7-13(12)14(11)15/h10-13,15H,3-9H2,1-2H3/t10-,11-,12+,13-/m1/s1. The van der Waals surface area contributed by atoms with Gasteiger partial charge < -0.3 is 5.21 Å². The minimum absolute atomic E-state index is 0.446. The lowest BCUT2D eigenvalue weighted by Crippen LogP contribution is -2.52. The van der Waals surface area contributed by atoms with E-state index in [-0.39, 0.29) is 0 Å². The summed E-state index contributed by atoms with van der Waals surface area (Å²) in [5, 5.41) is 12.0. The van der Waals surface area contributed by atoms with Gasteiger partial charge in [0.05, 0.1) is 0 Å². The fraction of sp³-hybridized carbons (Fsp3) is 1.00. The molecule has 1 heterocycles. The van der Waals surface area contributed by atoms with E-state index in [1.54, 1.807) is 5.06 Å². The van der Waals surface area contributed by atoms with Crippen LogP contribution in [0.1, 0.15) is 58.8 Å². The van der Waals surface area contributed by atoms with Crippen molar-refractivity contribution in [3.8, 4) is 0 Å². The molecule has 2 rings (SSSR count). The Morgan fingerprint density at radius 3 is 2.73 bits per heavy atom. The van der Waals surface area contributed by atoms with Crippen LogP contribution in [0, 0.1) is 11.8 Å². The Morgan fingerprint density at radius 1 is 1.20 bits per heavy atom. The summed E-state index contributed by atoms with van der Waals surface area (Å²) in [5.74, 6) is 1.58. The van der Waals surface area contributed by atoms with Crippen molar-refractivity contribution in [1.29, 1.82) is 0 Å². The predicted molar refractivity (Wildman–Crippen MR) is 61.8 cm³/mol. The number of fused-ring (bicyclic) bond motifs is 1. The van der Waals surface area contributed by atoms with Crippen LogP contribution in [0.5, 0.6) is 0 Å². The van der Waals surface area contributed by atoms with Gasteiger partial charge in [0.2, 0.25) is 0 Å². The molecule has 2 fully saturated rings. The van der Waals surface area contributed by atoms with Crippen LogP contribution in [0.3, 0.4) is 0 Å². The molecule has 4 atom stereocenters. The van der Waals surface area contributed by atoms with Crippen LogP contribution in [0.25, 0.3) is 0 Å². The van der Waals surface area contributed by atoms with E-state index >= 15 is 0 Å². The molecular weight excluding hydrogens is 186 g/mol. The van der Waals surface area contributed by atoms with Gasteiger partial charge in [-0.15, -0.1) is 0 Å². The van der Waals surface area contributed by atoms with E-state index in [4.69, 9.17) is 0 Å². The second-order valence-electron chi connectivity index (χ2n) is 5.54. The van der Waals surface area contributed by atoms with Crippen LogP contribution < -0.4 is 0 Å². The van der Waals surface area contributed by atoms with Gasteiger partial charge in [0.1, 0.15) is 0 Å². The number of hydrogen-bond acceptors (Lipinski definition) is 2. The van der Waals surface area contributed by atoms with Gasteiger partial charge in [0.25, 0.3) is 0 Å². The molecule has 1 N–H and O–H groups in total. The molecule has 2 aliphatic rings. The van der Waals surface area contributed by atoms with Crippen LogP contribution in [-0.2, 0) is 0 Å². The lowest BCUT2D eigenvalue weighted by atomic mass is 9.71. The molecule has 0 radical (unpaired) electrons. The van der Waals surface area contributed by atoms with Gasteiger partial charge in [0.15, 0.2) is 0 Å². The first-order valence-corrected chi connectivity index (χ1v) is 6.71. The predicted octanol–water partition coefficient (Wildman–Crippen LogP) is 3.44. The molecule has 0 spiro atoms. The maximum Gasteiger partial charge on any atom is 0.0384 e. The number of hydroxylamine groups is 2. The normalized spacial score (nSPS) is 42.6. The Hall–Kier alpha value is -0.0800. The first-order valence-electron chi connectivity index (χ1n) is 6.71. The molecule has 0 unspecified atom stereocenters. The zero-order chi connectivity index (χ0) is 10.8. The quantitative estimate of drug-likeness (QED) is 0.756. The molecule has 0 amide bonds. The van der Waals surface area contributed by atoms with Crippen molar-refractivity contribution in [2.45, 2.75) is 70.9 Å². The lowest BCUT2D eigenvalue weighted by Gasteiger charge is -2.47. The van der Waals surface area contributed by atoms with E-state index < -0.39 is 0 Å². The van der Waals surface area contributed by atoms with Crippen molar-refractivity contribution in [1.82, 2.24) is 5.06 Å². The average Bonchev–Trinajstić information content (AvgIpc) is 2.23. The molecule has 1 saturated carbocycles. The first-order chi connectivity index (χ1) is 7.24.